The van der Waals surface area contributed by atoms with Crippen LogP contribution in [0.25, 0.3) is 0 Å². The van der Waals surface area contributed by atoms with E-state index in [1.54, 1.807) is 0 Å². The Morgan fingerprint density at radius 3 is 2.78 bits per heavy atom. The fourth-order valence-corrected chi connectivity index (χ4v) is 2.74. The molecule has 2 atom stereocenters. The van der Waals surface area contributed by atoms with Crippen LogP contribution in [-0.2, 0) is 11.2 Å². The monoisotopic (exact) mass is 248 g/mol. The van der Waals surface area contributed by atoms with Crippen molar-refractivity contribution in [3.63, 3.8) is 0 Å². The molecule has 100 valence electrons. The standard InChI is InChI=1S/C15H24N2O/c1-3-17-14(12-13-6-9-16-10-7-13)15(2)8-4-5-11-18-15/h6-7,9-10,14,17H,3-5,8,11-12H2,1-2H3. The Labute approximate surface area is 110 Å². The molecule has 1 saturated heterocycles. The molecule has 0 radical (unpaired) electrons. The Hall–Kier alpha value is -0.930. The molecule has 2 unspecified atom stereocenters. The van der Waals surface area contributed by atoms with Crippen molar-refractivity contribution in [3.05, 3.63) is 30.1 Å². The number of nitrogens with one attached hydrogen (secondary N) is 1. The molecule has 2 heterocycles. The molecule has 0 aliphatic carbocycles. The average molecular weight is 248 g/mol. The van der Waals surface area contributed by atoms with Crippen LogP contribution in [0.1, 0.15) is 38.7 Å². The van der Waals surface area contributed by atoms with Crippen LogP contribution >= 0.6 is 0 Å². The second kappa shape index (κ2) is 6.30. The zero-order chi connectivity index (χ0) is 12.8. The van der Waals surface area contributed by atoms with Gasteiger partial charge < -0.3 is 10.1 Å². The van der Waals surface area contributed by atoms with Crippen molar-refractivity contribution >= 4 is 0 Å². The van der Waals surface area contributed by atoms with E-state index in [-0.39, 0.29) is 5.60 Å². The summed E-state index contributed by atoms with van der Waals surface area (Å²) in [7, 11) is 0. The van der Waals surface area contributed by atoms with E-state index in [1.165, 1.54) is 18.4 Å². The zero-order valence-electron chi connectivity index (χ0n) is 11.5. The summed E-state index contributed by atoms with van der Waals surface area (Å²) in [6, 6.07) is 4.57. The number of aromatic nitrogens is 1. The highest BCUT2D eigenvalue weighted by molar-refractivity contribution is 5.13. The molecule has 0 spiro atoms. The molecular formula is C15H24N2O. The third-order valence-electron chi connectivity index (χ3n) is 3.88. The maximum atomic E-state index is 6.07. The van der Waals surface area contributed by atoms with Crippen LogP contribution in [0, 0.1) is 0 Å². The molecule has 1 aromatic heterocycles. The van der Waals surface area contributed by atoms with Crippen molar-refractivity contribution in [1.82, 2.24) is 10.3 Å². The fourth-order valence-electron chi connectivity index (χ4n) is 2.74. The highest BCUT2D eigenvalue weighted by Gasteiger charge is 2.36. The van der Waals surface area contributed by atoms with Gasteiger partial charge in [0.2, 0.25) is 0 Å². The van der Waals surface area contributed by atoms with Crippen LogP contribution in [0.3, 0.4) is 0 Å². The van der Waals surface area contributed by atoms with Gasteiger partial charge in [0.05, 0.1) is 5.60 Å². The Kier molecular flexibility index (Phi) is 4.72. The van der Waals surface area contributed by atoms with E-state index in [0.29, 0.717) is 6.04 Å². The molecule has 2 rings (SSSR count). The second-order valence-electron chi connectivity index (χ2n) is 5.29. The topological polar surface area (TPSA) is 34.2 Å². The highest BCUT2D eigenvalue weighted by Crippen LogP contribution is 2.29. The third kappa shape index (κ3) is 3.30. The Morgan fingerprint density at radius 2 is 2.17 bits per heavy atom. The maximum absolute atomic E-state index is 6.07. The van der Waals surface area contributed by atoms with E-state index >= 15 is 0 Å². The zero-order valence-corrected chi connectivity index (χ0v) is 11.5. The summed E-state index contributed by atoms with van der Waals surface area (Å²) in [5.41, 5.74) is 1.30. The summed E-state index contributed by atoms with van der Waals surface area (Å²) in [5, 5.41) is 3.60. The van der Waals surface area contributed by atoms with Crippen molar-refractivity contribution in [1.29, 1.82) is 0 Å². The van der Waals surface area contributed by atoms with E-state index < -0.39 is 0 Å². The first kappa shape index (κ1) is 13.5. The summed E-state index contributed by atoms with van der Waals surface area (Å²) in [5.74, 6) is 0. The molecule has 1 aliphatic rings. The summed E-state index contributed by atoms with van der Waals surface area (Å²) < 4.78 is 6.07. The molecule has 1 aliphatic heterocycles. The lowest BCUT2D eigenvalue weighted by atomic mass is 9.85. The molecule has 0 amide bonds. The molecule has 0 bridgehead atoms. The number of likely N-dealkylation sites (N-methyl/N-ethyl adjacent to an activating group) is 1. The Bertz CT molecular complexity index is 347. The number of rotatable bonds is 5. The molecule has 0 saturated carbocycles. The lowest BCUT2D eigenvalue weighted by Gasteiger charge is -2.41. The van der Waals surface area contributed by atoms with E-state index in [2.05, 4.69) is 36.3 Å². The number of hydrogen-bond donors (Lipinski definition) is 1. The quantitative estimate of drug-likeness (QED) is 0.869. The van der Waals surface area contributed by atoms with Gasteiger partial charge in [-0.3, -0.25) is 4.98 Å². The van der Waals surface area contributed by atoms with Crippen LogP contribution in [-0.4, -0.2) is 29.8 Å². The smallest absolute Gasteiger partial charge is 0.0810 e. The SMILES string of the molecule is CCNC(Cc1ccncc1)C1(C)CCCCO1. The lowest BCUT2D eigenvalue weighted by Crippen LogP contribution is -2.53. The average Bonchev–Trinajstić information content (AvgIpc) is 2.40. The largest absolute Gasteiger partial charge is 0.374 e. The van der Waals surface area contributed by atoms with Gasteiger partial charge in [-0.1, -0.05) is 6.92 Å². The lowest BCUT2D eigenvalue weighted by molar-refractivity contribution is -0.0881. The molecule has 1 fully saturated rings. The normalized spacial score (nSPS) is 25.9. The molecule has 3 nitrogen and oxygen atoms in total. The number of ether oxygens (including phenoxy) is 1. The summed E-state index contributed by atoms with van der Waals surface area (Å²) >= 11 is 0. The Morgan fingerprint density at radius 1 is 1.39 bits per heavy atom. The highest BCUT2D eigenvalue weighted by atomic mass is 16.5. The number of pyridine rings is 1. The van der Waals surface area contributed by atoms with Crippen molar-refractivity contribution in [2.75, 3.05) is 13.2 Å². The minimum absolute atomic E-state index is 0.0302. The first-order chi connectivity index (χ1) is 8.74. The van der Waals surface area contributed by atoms with Gasteiger partial charge in [0.1, 0.15) is 0 Å². The van der Waals surface area contributed by atoms with Crippen molar-refractivity contribution in [3.8, 4) is 0 Å². The minimum Gasteiger partial charge on any atom is -0.374 e. The number of nitrogens with zero attached hydrogens (tertiary/aromatic N) is 1. The molecule has 1 N–H and O–H groups in total. The van der Waals surface area contributed by atoms with Crippen molar-refractivity contribution in [2.45, 2.75) is 51.2 Å². The Balaban J connectivity index is 2.07. The third-order valence-corrected chi connectivity index (χ3v) is 3.88. The predicted octanol–water partition coefficient (Wildman–Crippen LogP) is 2.56. The van der Waals surface area contributed by atoms with Gasteiger partial charge >= 0.3 is 0 Å². The van der Waals surface area contributed by atoms with E-state index in [9.17, 15) is 0 Å². The molecule has 0 aromatic carbocycles. The van der Waals surface area contributed by atoms with Gasteiger partial charge in [0.15, 0.2) is 0 Å². The fraction of sp³-hybridized carbons (Fsp3) is 0.667. The maximum Gasteiger partial charge on any atom is 0.0810 e. The van der Waals surface area contributed by atoms with E-state index in [4.69, 9.17) is 4.74 Å². The number of hydrogen-bond acceptors (Lipinski definition) is 3. The first-order valence-corrected chi connectivity index (χ1v) is 7.01. The molecular weight excluding hydrogens is 224 g/mol. The molecule has 3 heteroatoms. The van der Waals surface area contributed by atoms with Gasteiger partial charge in [0.25, 0.3) is 0 Å². The van der Waals surface area contributed by atoms with Gasteiger partial charge in [-0.2, -0.15) is 0 Å². The molecule has 1 aromatic rings. The summed E-state index contributed by atoms with van der Waals surface area (Å²) in [6.45, 7) is 6.29. The van der Waals surface area contributed by atoms with Crippen molar-refractivity contribution in [2.24, 2.45) is 0 Å². The van der Waals surface area contributed by atoms with Gasteiger partial charge in [-0.05, 0) is 56.8 Å². The van der Waals surface area contributed by atoms with Crippen LogP contribution in [0.2, 0.25) is 0 Å². The van der Waals surface area contributed by atoms with Gasteiger partial charge in [-0.25, -0.2) is 0 Å². The minimum atomic E-state index is -0.0302. The van der Waals surface area contributed by atoms with E-state index in [1.807, 2.05) is 12.4 Å². The summed E-state index contributed by atoms with van der Waals surface area (Å²) in [6.07, 6.45) is 8.35. The predicted molar refractivity (Wildman–Crippen MR) is 73.6 cm³/mol. The molecule has 18 heavy (non-hydrogen) atoms. The van der Waals surface area contributed by atoms with Gasteiger partial charge in [-0.15, -0.1) is 0 Å². The van der Waals surface area contributed by atoms with E-state index in [0.717, 1.165) is 26.0 Å². The second-order valence-corrected chi connectivity index (χ2v) is 5.29. The van der Waals surface area contributed by atoms with Gasteiger partial charge in [0, 0.05) is 25.0 Å². The van der Waals surface area contributed by atoms with Crippen LogP contribution in [0.4, 0.5) is 0 Å². The first-order valence-electron chi connectivity index (χ1n) is 7.01. The summed E-state index contributed by atoms with van der Waals surface area (Å²) in [4.78, 5) is 4.08. The van der Waals surface area contributed by atoms with Crippen LogP contribution < -0.4 is 5.32 Å². The van der Waals surface area contributed by atoms with Crippen LogP contribution in [0.15, 0.2) is 24.5 Å². The van der Waals surface area contributed by atoms with Crippen molar-refractivity contribution < 1.29 is 4.74 Å². The van der Waals surface area contributed by atoms with Crippen LogP contribution in [0.5, 0.6) is 0 Å².